The normalized spacial score (nSPS) is 23.4. The van der Waals surface area contributed by atoms with Gasteiger partial charge in [-0.1, -0.05) is 0 Å². The second-order valence-corrected chi connectivity index (χ2v) is 13.7. The molecule has 0 atom stereocenters. The zero-order valence-electron chi connectivity index (χ0n) is 26.4. The molecule has 2 fully saturated rings. The van der Waals surface area contributed by atoms with Crippen LogP contribution in [0.5, 0.6) is 0 Å². The highest BCUT2D eigenvalue weighted by Crippen LogP contribution is 2.40. The standard InChI is InChI=1S/C30H56N2O7/c1-27(2)19-23(38-25(33)11-15-35-9)20-28(3,4)31(27)13-17-37-18-14-32-29(5,6)21-24(22-30(32,7)8)39-26(34)12-16-36-10/h23-24H,11-22H2,1-10H3. The molecule has 0 aromatic heterocycles. The van der Waals surface area contributed by atoms with Gasteiger partial charge in [-0.3, -0.25) is 19.4 Å². The summed E-state index contributed by atoms with van der Waals surface area (Å²) in [5, 5.41) is 0. The largest absolute Gasteiger partial charge is 0.462 e. The number of methoxy groups -OCH3 is 2. The smallest absolute Gasteiger partial charge is 0.308 e. The first kappa shape index (κ1) is 33.9. The average Bonchev–Trinajstić information content (AvgIpc) is 2.77. The van der Waals surface area contributed by atoms with Crippen molar-refractivity contribution in [2.24, 2.45) is 0 Å². The van der Waals surface area contributed by atoms with Crippen LogP contribution in [0.2, 0.25) is 0 Å². The number of carbonyl (C=O) groups excluding carboxylic acids is 2. The van der Waals surface area contributed by atoms with Crippen LogP contribution in [-0.2, 0) is 33.3 Å². The molecule has 39 heavy (non-hydrogen) atoms. The zero-order chi connectivity index (χ0) is 29.5. The Kier molecular flexibility index (Phi) is 12.3. The molecule has 2 aliphatic heterocycles. The molecule has 0 N–H and O–H groups in total. The zero-order valence-corrected chi connectivity index (χ0v) is 26.4. The summed E-state index contributed by atoms with van der Waals surface area (Å²) in [7, 11) is 3.18. The molecule has 0 aromatic carbocycles. The maximum Gasteiger partial charge on any atom is 0.308 e. The molecule has 0 radical (unpaired) electrons. The maximum absolute atomic E-state index is 12.2. The number of rotatable bonds is 14. The third kappa shape index (κ3) is 9.95. The summed E-state index contributed by atoms with van der Waals surface area (Å²) in [6.07, 6.45) is 3.56. The number of carbonyl (C=O) groups is 2. The first-order chi connectivity index (χ1) is 18.0. The van der Waals surface area contributed by atoms with Crippen molar-refractivity contribution in [3.05, 3.63) is 0 Å². The van der Waals surface area contributed by atoms with Gasteiger partial charge in [-0.15, -0.1) is 0 Å². The van der Waals surface area contributed by atoms with Crippen molar-refractivity contribution in [2.45, 2.75) is 128 Å². The third-order valence-electron chi connectivity index (χ3n) is 8.37. The second-order valence-electron chi connectivity index (χ2n) is 13.7. The van der Waals surface area contributed by atoms with Crippen LogP contribution in [0.3, 0.4) is 0 Å². The van der Waals surface area contributed by atoms with E-state index in [1.165, 1.54) is 0 Å². The Morgan fingerprint density at radius 1 is 0.590 bits per heavy atom. The summed E-state index contributed by atoms with van der Waals surface area (Å²) in [6.45, 7) is 21.5. The number of hydrogen-bond donors (Lipinski definition) is 0. The number of piperidine rings is 2. The van der Waals surface area contributed by atoms with Gasteiger partial charge in [0.05, 0.1) is 39.3 Å². The molecule has 2 saturated heterocycles. The van der Waals surface area contributed by atoms with Crippen LogP contribution in [0.1, 0.15) is 93.9 Å². The van der Waals surface area contributed by atoms with Crippen LogP contribution < -0.4 is 0 Å². The molecule has 0 amide bonds. The van der Waals surface area contributed by atoms with Crippen molar-refractivity contribution < 1.29 is 33.3 Å². The molecule has 9 nitrogen and oxygen atoms in total. The van der Waals surface area contributed by atoms with Gasteiger partial charge < -0.3 is 23.7 Å². The third-order valence-corrected chi connectivity index (χ3v) is 8.37. The topological polar surface area (TPSA) is 86.8 Å². The van der Waals surface area contributed by atoms with E-state index in [2.05, 4.69) is 65.2 Å². The molecule has 2 aliphatic rings. The van der Waals surface area contributed by atoms with E-state index < -0.39 is 0 Å². The average molecular weight is 557 g/mol. The van der Waals surface area contributed by atoms with Crippen molar-refractivity contribution in [3.63, 3.8) is 0 Å². The van der Waals surface area contributed by atoms with Crippen molar-refractivity contribution in [3.8, 4) is 0 Å². The monoisotopic (exact) mass is 556 g/mol. The second kappa shape index (κ2) is 14.1. The summed E-state index contributed by atoms with van der Waals surface area (Å²) in [4.78, 5) is 29.3. The summed E-state index contributed by atoms with van der Waals surface area (Å²) >= 11 is 0. The van der Waals surface area contributed by atoms with E-state index in [0.29, 0.717) is 26.4 Å². The minimum absolute atomic E-state index is 0.0943. The van der Waals surface area contributed by atoms with Gasteiger partial charge in [0.15, 0.2) is 0 Å². The van der Waals surface area contributed by atoms with Gasteiger partial charge in [0.2, 0.25) is 0 Å². The van der Waals surface area contributed by atoms with Crippen LogP contribution in [0.25, 0.3) is 0 Å². The molecule has 0 aromatic rings. The molecular weight excluding hydrogens is 500 g/mol. The van der Waals surface area contributed by atoms with Gasteiger partial charge in [0.1, 0.15) is 12.2 Å². The van der Waals surface area contributed by atoms with E-state index in [9.17, 15) is 9.59 Å². The van der Waals surface area contributed by atoms with Gasteiger partial charge in [0.25, 0.3) is 0 Å². The lowest BCUT2D eigenvalue weighted by Gasteiger charge is -2.55. The Morgan fingerprint density at radius 2 is 0.897 bits per heavy atom. The van der Waals surface area contributed by atoms with Crippen molar-refractivity contribution >= 4 is 11.9 Å². The molecule has 0 spiro atoms. The highest BCUT2D eigenvalue weighted by Gasteiger charge is 2.47. The fourth-order valence-corrected chi connectivity index (χ4v) is 7.10. The molecule has 9 heteroatoms. The maximum atomic E-state index is 12.2. The van der Waals surface area contributed by atoms with Gasteiger partial charge in [-0.25, -0.2) is 0 Å². The van der Waals surface area contributed by atoms with E-state index >= 15 is 0 Å². The number of ether oxygens (including phenoxy) is 5. The predicted molar refractivity (Wildman–Crippen MR) is 152 cm³/mol. The quantitative estimate of drug-likeness (QED) is 0.231. The van der Waals surface area contributed by atoms with Crippen LogP contribution in [-0.4, -0.2) is 110 Å². The Morgan fingerprint density at radius 3 is 1.18 bits per heavy atom. The molecule has 0 bridgehead atoms. The highest BCUT2D eigenvalue weighted by molar-refractivity contribution is 5.70. The minimum atomic E-state index is -0.190. The van der Waals surface area contributed by atoms with E-state index in [1.807, 2.05) is 0 Å². The predicted octanol–water partition coefficient (Wildman–Crippen LogP) is 4.21. The van der Waals surface area contributed by atoms with E-state index in [0.717, 1.165) is 38.8 Å². The van der Waals surface area contributed by atoms with Gasteiger partial charge >= 0.3 is 11.9 Å². The lowest BCUT2D eigenvalue weighted by Crippen LogP contribution is -2.63. The van der Waals surface area contributed by atoms with Crippen molar-refractivity contribution in [1.29, 1.82) is 0 Å². The van der Waals surface area contributed by atoms with Gasteiger partial charge in [-0.2, -0.15) is 0 Å². The molecule has 2 heterocycles. The van der Waals surface area contributed by atoms with Gasteiger partial charge in [0, 0.05) is 75.1 Å². The minimum Gasteiger partial charge on any atom is -0.462 e. The molecule has 0 unspecified atom stereocenters. The fraction of sp³-hybridized carbons (Fsp3) is 0.933. The summed E-state index contributed by atoms with van der Waals surface area (Å²) in [6, 6.07) is 0. The molecule has 2 rings (SSSR count). The highest BCUT2D eigenvalue weighted by atomic mass is 16.6. The van der Waals surface area contributed by atoms with E-state index in [4.69, 9.17) is 23.7 Å². The van der Waals surface area contributed by atoms with E-state index in [-0.39, 0.29) is 59.1 Å². The summed E-state index contributed by atoms with van der Waals surface area (Å²) in [5.74, 6) is -0.381. The first-order valence-electron chi connectivity index (χ1n) is 14.5. The van der Waals surface area contributed by atoms with Crippen LogP contribution in [0.15, 0.2) is 0 Å². The Labute approximate surface area is 237 Å². The number of esters is 2. The van der Waals surface area contributed by atoms with Gasteiger partial charge in [-0.05, 0) is 55.4 Å². The number of hydrogen-bond acceptors (Lipinski definition) is 9. The van der Waals surface area contributed by atoms with Crippen LogP contribution in [0.4, 0.5) is 0 Å². The number of nitrogens with zero attached hydrogens (tertiary/aromatic N) is 2. The summed E-state index contributed by atoms with van der Waals surface area (Å²) in [5.41, 5.74) is -0.485. The van der Waals surface area contributed by atoms with E-state index in [1.54, 1.807) is 14.2 Å². The van der Waals surface area contributed by atoms with Crippen LogP contribution >= 0.6 is 0 Å². The SMILES string of the molecule is COCCC(=O)OC1CC(C)(C)N(CCOCCN2C(C)(C)CC(OC(=O)CCOC)CC2(C)C)C(C)(C)C1. The molecule has 0 saturated carbocycles. The molecular formula is C30H56N2O7. The first-order valence-corrected chi connectivity index (χ1v) is 14.5. The molecule has 228 valence electrons. The Hall–Kier alpha value is -1.26. The lowest BCUT2D eigenvalue weighted by atomic mass is 9.78. The number of likely N-dealkylation sites (tertiary alicyclic amines) is 2. The molecule has 0 aliphatic carbocycles. The lowest BCUT2D eigenvalue weighted by molar-refractivity contribution is -0.162. The van der Waals surface area contributed by atoms with Crippen LogP contribution in [0, 0.1) is 0 Å². The Balaban J connectivity index is 1.85. The Bertz CT molecular complexity index is 696. The fourth-order valence-electron chi connectivity index (χ4n) is 7.10. The van der Waals surface area contributed by atoms with Crippen molar-refractivity contribution in [1.82, 2.24) is 9.80 Å². The summed E-state index contributed by atoms with van der Waals surface area (Å²) < 4.78 is 27.8. The van der Waals surface area contributed by atoms with Crippen molar-refractivity contribution in [2.75, 3.05) is 53.7 Å².